The molecule has 96 valence electrons. The van der Waals surface area contributed by atoms with Crippen LogP contribution in [-0.2, 0) is 6.54 Å². The molecule has 0 aliphatic rings. The smallest absolute Gasteiger partial charge is 0.169 e. The van der Waals surface area contributed by atoms with E-state index in [1.54, 1.807) is 14.2 Å². The SMILES string of the molecule is CCCC[NH+](C)Cc1cccc(OC)c1OC. The molecular formula is C14H24NO2+. The molecule has 0 spiro atoms. The summed E-state index contributed by atoms with van der Waals surface area (Å²) in [6.07, 6.45) is 2.50. The standard InChI is InChI=1S/C14H23NO2/c1-5-6-10-15(2)11-12-8-7-9-13(16-3)14(12)17-4/h7-9H,5-6,10-11H2,1-4H3/p+1. The van der Waals surface area contributed by atoms with E-state index in [-0.39, 0.29) is 0 Å². The van der Waals surface area contributed by atoms with Gasteiger partial charge < -0.3 is 14.4 Å². The van der Waals surface area contributed by atoms with E-state index < -0.39 is 0 Å². The Balaban J connectivity index is 2.75. The molecule has 3 heteroatoms. The number of unbranched alkanes of at least 4 members (excludes halogenated alkanes) is 1. The highest BCUT2D eigenvalue weighted by Crippen LogP contribution is 2.29. The van der Waals surface area contributed by atoms with E-state index in [1.807, 2.05) is 12.1 Å². The van der Waals surface area contributed by atoms with E-state index in [2.05, 4.69) is 20.0 Å². The third kappa shape index (κ3) is 3.93. The van der Waals surface area contributed by atoms with Crippen LogP contribution in [0.2, 0.25) is 0 Å². The van der Waals surface area contributed by atoms with Crippen LogP contribution in [0.4, 0.5) is 0 Å². The van der Waals surface area contributed by atoms with Crippen molar-refractivity contribution in [2.75, 3.05) is 27.8 Å². The van der Waals surface area contributed by atoms with E-state index in [4.69, 9.17) is 9.47 Å². The third-order valence-electron chi connectivity index (χ3n) is 2.93. The minimum atomic E-state index is 0.813. The normalized spacial score (nSPS) is 12.2. The zero-order valence-corrected chi connectivity index (χ0v) is 11.4. The monoisotopic (exact) mass is 238 g/mol. The Morgan fingerprint density at radius 3 is 2.53 bits per heavy atom. The van der Waals surface area contributed by atoms with Gasteiger partial charge in [0.05, 0.1) is 33.4 Å². The molecule has 1 aromatic rings. The summed E-state index contributed by atoms with van der Waals surface area (Å²) in [5, 5.41) is 0. The van der Waals surface area contributed by atoms with E-state index in [9.17, 15) is 0 Å². The van der Waals surface area contributed by atoms with Gasteiger partial charge in [-0.1, -0.05) is 19.4 Å². The summed E-state index contributed by atoms with van der Waals surface area (Å²) in [6, 6.07) is 6.06. The molecule has 17 heavy (non-hydrogen) atoms. The molecule has 0 heterocycles. The molecule has 0 fully saturated rings. The van der Waals surface area contributed by atoms with Crippen LogP contribution in [0.3, 0.4) is 0 Å². The van der Waals surface area contributed by atoms with Crippen molar-refractivity contribution in [3.63, 3.8) is 0 Å². The quantitative estimate of drug-likeness (QED) is 0.778. The van der Waals surface area contributed by atoms with Crippen LogP contribution in [0.15, 0.2) is 18.2 Å². The average Bonchev–Trinajstić information content (AvgIpc) is 2.35. The first-order valence-corrected chi connectivity index (χ1v) is 6.24. The zero-order chi connectivity index (χ0) is 12.7. The van der Waals surface area contributed by atoms with Crippen LogP contribution in [0.1, 0.15) is 25.3 Å². The summed E-state index contributed by atoms with van der Waals surface area (Å²) >= 11 is 0. The Morgan fingerprint density at radius 1 is 1.18 bits per heavy atom. The summed E-state index contributed by atoms with van der Waals surface area (Å²) in [5.41, 5.74) is 1.21. The van der Waals surface area contributed by atoms with Crippen molar-refractivity contribution in [2.24, 2.45) is 0 Å². The van der Waals surface area contributed by atoms with Gasteiger partial charge >= 0.3 is 0 Å². The van der Waals surface area contributed by atoms with Crippen molar-refractivity contribution in [1.29, 1.82) is 0 Å². The lowest BCUT2D eigenvalue weighted by Crippen LogP contribution is -3.07. The number of nitrogens with one attached hydrogen (secondary N) is 1. The minimum absolute atomic E-state index is 0.813. The summed E-state index contributed by atoms with van der Waals surface area (Å²) in [5.74, 6) is 1.68. The fourth-order valence-electron chi connectivity index (χ4n) is 1.98. The highest BCUT2D eigenvalue weighted by atomic mass is 16.5. The molecule has 1 rings (SSSR count). The Morgan fingerprint density at radius 2 is 1.94 bits per heavy atom. The predicted molar refractivity (Wildman–Crippen MR) is 69.9 cm³/mol. The van der Waals surface area contributed by atoms with Crippen molar-refractivity contribution < 1.29 is 14.4 Å². The number of methoxy groups -OCH3 is 2. The van der Waals surface area contributed by atoms with Crippen molar-refractivity contribution >= 4 is 0 Å². The predicted octanol–water partition coefficient (Wildman–Crippen LogP) is 1.52. The fraction of sp³-hybridized carbons (Fsp3) is 0.571. The Labute approximate surface area is 104 Å². The van der Waals surface area contributed by atoms with Gasteiger partial charge in [0.15, 0.2) is 11.5 Å². The lowest BCUT2D eigenvalue weighted by Gasteiger charge is -2.17. The third-order valence-corrected chi connectivity index (χ3v) is 2.93. The highest BCUT2D eigenvalue weighted by Gasteiger charge is 2.12. The van der Waals surface area contributed by atoms with Crippen LogP contribution >= 0.6 is 0 Å². The topological polar surface area (TPSA) is 22.9 Å². The van der Waals surface area contributed by atoms with Gasteiger partial charge in [-0.25, -0.2) is 0 Å². The van der Waals surface area contributed by atoms with Crippen LogP contribution < -0.4 is 14.4 Å². The van der Waals surface area contributed by atoms with Crippen LogP contribution in [0.25, 0.3) is 0 Å². The maximum absolute atomic E-state index is 5.43. The summed E-state index contributed by atoms with van der Waals surface area (Å²) in [4.78, 5) is 1.50. The first-order valence-electron chi connectivity index (χ1n) is 6.24. The van der Waals surface area contributed by atoms with Gasteiger partial charge in [-0.3, -0.25) is 0 Å². The first-order chi connectivity index (χ1) is 8.22. The van der Waals surface area contributed by atoms with Crippen LogP contribution in [-0.4, -0.2) is 27.8 Å². The maximum Gasteiger partial charge on any atom is 0.169 e. The number of hydrogen-bond donors (Lipinski definition) is 1. The minimum Gasteiger partial charge on any atom is -0.493 e. The van der Waals surface area contributed by atoms with Crippen LogP contribution in [0, 0.1) is 0 Å². The lowest BCUT2D eigenvalue weighted by molar-refractivity contribution is -0.894. The average molecular weight is 238 g/mol. The molecule has 0 amide bonds. The highest BCUT2D eigenvalue weighted by molar-refractivity contribution is 5.46. The second kappa shape index (κ2) is 7.17. The number of quaternary nitrogens is 1. The molecule has 1 aromatic carbocycles. The van der Waals surface area contributed by atoms with Gasteiger partial charge in [0.2, 0.25) is 0 Å². The first kappa shape index (κ1) is 13.8. The van der Waals surface area contributed by atoms with Gasteiger partial charge in [0.1, 0.15) is 6.54 Å². The Bertz CT molecular complexity index is 339. The molecule has 0 radical (unpaired) electrons. The largest absolute Gasteiger partial charge is 0.493 e. The number of para-hydroxylation sites is 1. The molecule has 0 bridgehead atoms. The van der Waals surface area contributed by atoms with E-state index >= 15 is 0 Å². The van der Waals surface area contributed by atoms with Gasteiger partial charge in [0.25, 0.3) is 0 Å². The van der Waals surface area contributed by atoms with Crippen molar-refractivity contribution in [3.8, 4) is 11.5 Å². The molecule has 1 unspecified atom stereocenters. The van der Waals surface area contributed by atoms with Crippen LogP contribution in [0.5, 0.6) is 11.5 Å². The number of rotatable bonds is 7. The van der Waals surface area contributed by atoms with Gasteiger partial charge in [0, 0.05) is 0 Å². The molecule has 0 aliphatic carbocycles. The summed E-state index contributed by atoms with van der Waals surface area (Å²) in [7, 11) is 5.59. The van der Waals surface area contributed by atoms with Crippen molar-refractivity contribution in [2.45, 2.75) is 26.3 Å². The van der Waals surface area contributed by atoms with E-state index in [1.165, 1.54) is 29.8 Å². The zero-order valence-electron chi connectivity index (χ0n) is 11.4. The Kier molecular flexibility index (Phi) is 5.84. The summed E-state index contributed by atoms with van der Waals surface area (Å²) in [6.45, 7) is 4.39. The van der Waals surface area contributed by atoms with E-state index in [0.717, 1.165) is 18.0 Å². The molecule has 1 atom stereocenters. The van der Waals surface area contributed by atoms with Gasteiger partial charge in [-0.05, 0) is 18.6 Å². The van der Waals surface area contributed by atoms with Crippen molar-refractivity contribution in [1.82, 2.24) is 0 Å². The molecule has 1 N–H and O–H groups in total. The second-order valence-electron chi connectivity index (χ2n) is 4.39. The van der Waals surface area contributed by atoms with Gasteiger partial charge in [-0.15, -0.1) is 0 Å². The number of ether oxygens (including phenoxy) is 2. The molecule has 0 saturated heterocycles. The molecule has 3 nitrogen and oxygen atoms in total. The molecule has 0 aliphatic heterocycles. The molecule has 0 aromatic heterocycles. The maximum atomic E-state index is 5.43. The second-order valence-corrected chi connectivity index (χ2v) is 4.39. The molecule has 0 saturated carbocycles. The van der Waals surface area contributed by atoms with Gasteiger partial charge in [-0.2, -0.15) is 0 Å². The van der Waals surface area contributed by atoms with E-state index in [0.29, 0.717) is 0 Å². The molecular weight excluding hydrogens is 214 g/mol. The Hall–Kier alpha value is -1.22. The summed E-state index contributed by atoms with van der Waals surface area (Å²) < 4.78 is 10.7. The fourth-order valence-corrected chi connectivity index (χ4v) is 1.98. The number of benzene rings is 1. The number of hydrogen-bond acceptors (Lipinski definition) is 2. The van der Waals surface area contributed by atoms with Crippen molar-refractivity contribution in [3.05, 3.63) is 23.8 Å². The lowest BCUT2D eigenvalue weighted by atomic mass is 10.1.